The van der Waals surface area contributed by atoms with Crippen LogP contribution in [0.25, 0.3) is 33.7 Å². The van der Waals surface area contributed by atoms with Gasteiger partial charge in [0.2, 0.25) is 5.91 Å². The second-order valence-electron chi connectivity index (χ2n) is 8.47. The molecule has 36 heavy (non-hydrogen) atoms. The fraction of sp³-hybridized carbons (Fsp3) is 0.0714. The molecule has 2 aromatic carbocycles. The van der Waals surface area contributed by atoms with Crippen LogP contribution in [0.5, 0.6) is 5.75 Å². The third kappa shape index (κ3) is 3.87. The predicted octanol–water partition coefficient (Wildman–Crippen LogP) is 5.91. The number of carbonyl (C=O) groups excluding carboxylic acids is 2. The molecule has 3 aromatic heterocycles. The standard InChI is InChI=1S/C28H22N4O3S/c1-35-24-9-11-30-23(24)15-19-27-22(32-28(19)34)7-6-21(31-25(33)14-18-3-2-12-36-18)26(27)17-4-5-20-16(13-17)8-10-29-20/h2-13,15,29-30H,14H2,1H3,(H,31,33)(H,32,34). The zero-order chi connectivity index (χ0) is 24.6. The molecule has 0 aliphatic carbocycles. The fourth-order valence-corrected chi connectivity index (χ4v) is 5.31. The number of carbonyl (C=O) groups is 2. The van der Waals surface area contributed by atoms with Gasteiger partial charge in [-0.25, -0.2) is 0 Å². The first-order chi connectivity index (χ1) is 17.6. The summed E-state index contributed by atoms with van der Waals surface area (Å²) in [7, 11) is 1.59. The van der Waals surface area contributed by atoms with Gasteiger partial charge in [0.1, 0.15) is 5.75 Å². The summed E-state index contributed by atoms with van der Waals surface area (Å²) in [5.41, 5.74) is 5.94. The van der Waals surface area contributed by atoms with Gasteiger partial charge in [-0.1, -0.05) is 12.1 Å². The molecule has 6 rings (SSSR count). The summed E-state index contributed by atoms with van der Waals surface area (Å²) < 4.78 is 5.43. The normalized spacial score (nSPS) is 13.7. The van der Waals surface area contributed by atoms with Gasteiger partial charge in [0, 0.05) is 45.3 Å². The smallest absolute Gasteiger partial charge is 0.256 e. The number of amides is 2. The Morgan fingerprint density at radius 3 is 2.78 bits per heavy atom. The van der Waals surface area contributed by atoms with E-state index in [-0.39, 0.29) is 18.2 Å². The number of hydrogen-bond donors (Lipinski definition) is 4. The number of fused-ring (bicyclic) bond motifs is 2. The molecule has 0 spiro atoms. The van der Waals surface area contributed by atoms with Crippen molar-refractivity contribution in [2.75, 3.05) is 17.7 Å². The van der Waals surface area contributed by atoms with Crippen molar-refractivity contribution in [1.29, 1.82) is 0 Å². The maximum atomic E-state index is 13.1. The van der Waals surface area contributed by atoms with Crippen LogP contribution < -0.4 is 15.4 Å². The third-order valence-electron chi connectivity index (χ3n) is 6.25. The summed E-state index contributed by atoms with van der Waals surface area (Å²) >= 11 is 1.55. The summed E-state index contributed by atoms with van der Waals surface area (Å²) in [6.07, 6.45) is 5.72. The summed E-state index contributed by atoms with van der Waals surface area (Å²) in [5.74, 6) is 0.308. The minimum Gasteiger partial charge on any atom is -0.495 e. The number of nitrogens with one attached hydrogen (secondary N) is 4. The highest BCUT2D eigenvalue weighted by atomic mass is 32.1. The molecule has 0 unspecified atom stereocenters. The van der Waals surface area contributed by atoms with Gasteiger partial charge in [-0.2, -0.15) is 0 Å². The van der Waals surface area contributed by atoms with Gasteiger partial charge in [0.15, 0.2) is 0 Å². The minimum atomic E-state index is -0.215. The fourth-order valence-electron chi connectivity index (χ4n) is 4.61. The molecule has 4 N–H and O–H groups in total. The lowest BCUT2D eigenvalue weighted by Crippen LogP contribution is -2.14. The molecular weight excluding hydrogens is 472 g/mol. The Balaban J connectivity index is 1.52. The molecule has 1 aliphatic rings. The van der Waals surface area contributed by atoms with Crippen LogP contribution in [0.4, 0.5) is 11.4 Å². The predicted molar refractivity (Wildman–Crippen MR) is 144 cm³/mol. The Labute approximate surface area is 210 Å². The van der Waals surface area contributed by atoms with Gasteiger partial charge in [-0.05, 0) is 64.9 Å². The van der Waals surface area contributed by atoms with Gasteiger partial charge in [0.25, 0.3) is 5.91 Å². The topological polar surface area (TPSA) is 99.0 Å². The van der Waals surface area contributed by atoms with Gasteiger partial charge >= 0.3 is 0 Å². The van der Waals surface area contributed by atoms with Crippen molar-refractivity contribution in [1.82, 2.24) is 9.97 Å². The van der Waals surface area contributed by atoms with Crippen LogP contribution in [0, 0.1) is 0 Å². The number of thiophene rings is 1. The molecule has 0 radical (unpaired) electrons. The number of anilines is 2. The molecule has 178 valence electrons. The molecule has 0 bridgehead atoms. The quantitative estimate of drug-likeness (QED) is 0.221. The molecule has 2 amide bonds. The van der Waals surface area contributed by atoms with Crippen molar-refractivity contribution in [3.05, 3.63) is 88.5 Å². The Bertz CT molecular complexity index is 1640. The van der Waals surface area contributed by atoms with E-state index in [9.17, 15) is 9.59 Å². The number of benzene rings is 2. The molecule has 4 heterocycles. The van der Waals surface area contributed by atoms with Crippen LogP contribution in [0.15, 0.2) is 72.4 Å². The maximum absolute atomic E-state index is 13.1. The van der Waals surface area contributed by atoms with Crippen molar-refractivity contribution in [2.24, 2.45) is 0 Å². The zero-order valence-electron chi connectivity index (χ0n) is 19.3. The molecule has 7 nitrogen and oxygen atoms in total. The molecule has 0 saturated heterocycles. The highest BCUT2D eigenvalue weighted by Crippen LogP contribution is 2.45. The average Bonchev–Trinajstić information content (AvgIpc) is 3.67. The first-order valence-corrected chi connectivity index (χ1v) is 12.3. The number of rotatable bonds is 6. The van der Waals surface area contributed by atoms with Crippen molar-refractivity contribution in [3.63, 3.8) is 0 Å². The average molecular weight is 495 g/mol. The Kier molecular flexibility index (Phi) is 5.42. The van der Waals surface area contributed by atoms with Crippen molar-refractivity contribution < 1.29 is 14.3 Å². The number of aromatic amines is 2. The van der Waals surface area contributed by atoms with Crippen molar-refractivity contribution in [3.8, 4) is 16.9 Å². The maximum Gasteiger partial charge on any atom is 0.256 e. The van der Waals surface area contributed by atoms with Gasteiger partial charge in [0.05, 0.1) is 24.8 Å². The Morgan fingerprint density at radius 1 is 1.06 bits per heavy atom. The van der Waals surface area contributed by atoms with E-state index < -0.39 is 0 Å². The molecular formula is C28H22N4O3S. The van der Waals surface area contributed by atoms with Crippen molar-refractivity contribution in [2.45, 2.75) is 6.42 Å². The highest BCUT2D eigenvalue weighted by Gasteiger charge is 2.30. The number of H-pyrrole nitrogens is 2. The molecule has 5 aromatic rings. The lowest BCUT2D eigenvalue weighted by molar-refractivity contribution is -0.115. The zero-order valence-corrected chi connectivity index (χ0v) is 20.2. The lowest BCUT2D eigenvalue weighted by Gasteiger charge is -2.16. The van der Waals surface area contributed by atoms with Crippen LogP contribution >= 0.6 is 11.3 Å². The van der Waals surface area contributed by atoms with E-state index in [4.69, 9.17) is 4.74 Å². The van der Waals surface area contributed by atoms with Crippen LogP contribution in [0.3, 0.4) is 0 Å². The monoisotopic (exact) mass is 494 g/mol. The van der Waals surface area contributed by atoms with Crippen LogP contribution in [-0.2, 0) is 16.0 Å². The largest absolute Gasteiger partial charge is 0.495 e. The first-order valence-electron chi connectivity index (χ1n) is 11.4. The number of hydrogen-bond acceptors (Lipinski definition) is 4. The molecule has 0 saturated carbocycles. The summed E-state index contributed by atoms with van der Waals surface area (Å²) in [6.45, 7) is 0. The number of ether oxygens (including phenoxy) is 1. The summed E-state index contributed by atoms with van der Waals surface area (Å²) in [5, 5.41) is 9.07. The molecule has 0 fully saturated rings. The second kappa shape index (κ2) is 8.90. The number of aromatic nitrogens is 2. The van der Waals surface area contributed by atoms with E-state index in [1.165, 1.54) is 0 Å². The molecule has 0 atom stereocenters. The van der Waals surface area contributed by atoms with E-state index in [2.05, 4.69) is 26.7 Å². The van der Waals surface area contributed by atoms with Gasteiger partial charge in [-0.15, -0.1) is 11.3 Å². The van der Waals surface area contributed by atoms with E-state index in [1.807, 2.05) is 60.1 Å². The Hall–Kier alpha value is -4.56. The SMILES string of the molecule is COc1cc[nH]c1C=C1C(=O)Nc2ccc(NC(=O)Cc3cccs3)c(-c3ccc4[nH]ccc4c3)c21. The summed E-state index contributed by atoms with van der Waals surface area (Å²) in [4.78, 5) is 33.5. The number of methoxy groups -OCH3 is 1. The van der Waals surface area contributed by atoms with Gasteiger partial charge < -0.3 is 25.3 Å². The minimum absolute atomic E-state index is 0.116. The molecule has 1 aliphatic heterocycles. The van der Waals surface area contributed by atoms with E-state index in [0.29, 0.717) is 28.4 Å². The van der Waals surface area contributed by atoms with Crippen LogP contribution in [0.2, 0.25) is 0 Å². The summed E-state index contributed by atoms with van der Waals surface area (Å²) in [6, 6.07) is 17.4. The van der Waals surface area contributed by atoms with E-state index in [1.54, 1.807) is 30.7 Å². The lowest BCUT2D eigenvalue weighted by atomic mass is 9.92. The van der Waals surface area contributed by atoms with E-state index in [0.717, 1.165) is 32.5 Å². The van der Waals surface area contributed by atoms with Crippen LogP contribution in [0.1, 0.15) is 16.1 Å². The third-order valence-corrected chi connectivity index (χ3v) is 7.12. The second-order valence-corrected chi connectivity index (χ2v) is 9.50. The van der Waals surface area contributed by atoms with Crippen molar-refractivity contribution >= 4 is 57.1 Å². The van der Waals surface area contributed by atoms with E-state index >= 15 is 0 Å². The molecule has 8 heteroatoms. The Morgan fingerprint density at radius 2 is 1.94 bits per heavy atom. The van der Waals surface area contributed by atoms with Crippen LogP contribution in [-0.4, -0.2) is 28.9 Å². The van der Waals surface area contributed by atoms with Gasteiger partial charge in [-0.3, -0.25) is 9.59 Å². The highest BCUT2D eigenvalue weighted by molar-refractivity contribution is 7.10. The first kappa shape index (κ1) is 21.9.